The third-order valence-corrected chi connectivity index (χ3v) is 4.19. The average Bonchev–Trinajstić information content (AvgIpc) is 2.53. The smallest absolute Gasteiger partial charge is 0.242 e. The van der Waals surface area contributed by atoms with E-state index < -0.39 is 0 Å². The van der Waals surface area contributed by atoms with Crippen LogP contribution in [0.2, 0.25) is 0 Å². The van der Waals surface area contributed by atoms with E-state index in [9.17, 15) is 9.59 Å². The lowest BCUT2D eigenvalue weighted by Gasteiger charge is -2.26. The fourth-order valence-electron chi connectivity index (χ4n) is 2.85. The molecule has 0 heterocycles. The maximum atomic E-state index is 12.1. The largest absolute Gasteiger partial charge is 0.347 e. The minimum absolute atomic E-state index is 0.0448. The van der Waals surface area contributed by atoms with E-state index >= 15 is 0 Å². The van der Waals surface area contributed by atoms with Crippen LogP contribution >= 0.6 is 0 Å². The molecule has 22 heavy (non-hydrogen) atoms. The van der Waals surface area contributed by atoms with Gasteiger partial charge in [0.1, 0.15) is 0 Å². The molecule has 1 saturated carbocycles. The first-order chi connectivity index (χ1) is 10.6. The first-order valence-electron chi connectivity index (χ1n) is 7.87. The summed E-state index contributed by atoms with van der Waals surface area (Å²) >= 11 is 0. The third kappa shape index (κ3) is 4.84. The van der Waals surface area contributed by atoms with Gasteiger partial charge in [-0.1, -0.05) is 36.8 Å². The molecule has 1 fully saturated rings. The Morgan fingerprint density at radius 2 is 2.00 bits per heavy atom. The number of likely N-dealkylation sites (N-methyl/N-ethyl adjacent to an activating group) is 1. The molecule has 1 aromatic carbocycles. The highest BCUT2D eigenvalue weighted by Crippen LogP contribution is 2.22. The van der Waals surface area contributed by atoms with Crippen LogP contribution in [0.3, 0.4) is 0 Å². The van der Waals surface area contributed by atoms with Crippen LogP contribution in [0, 0.1) is 5.92 Å². The Bertz CT molecular complexity index is 504. The zero-order chi connectivity index (χ0) is 15.9. The fourth-order valence-corrected chi connectivity index (χ4v) is 2.85. The molecule has 5 nitrogen and oxygen atoms in total. The molecule has 5 heteroatoms. The van der Waals surface area contributed by atoms with Crippen molar-refractivity contribution in [3.8, 4) is 0 Å². The van der Waals surface area contributed by atoms with Crippen LogP contribution in [0.15, 0.2) is 30.3 Å². The van der Waals surface area contributed by atoms with Crippen molar-refractivity contribution in [2.75, 3.05) is 13.6 Å². The maximum absolute atomic E-state index is 12.1. The predicted molar refractivity (Wildman–Crippen MR) is 85.9 cm³/mol. The molecule has 0 saturated heterocycles. The predicted octanol–water partition coefficient (Wildman–Crippen LogP) is 1.28. The number of hydrogen-bond acceptors (Lipinski definition) is 3. The normalized spacial score (nSPS) is 21.2. The van der Waals surface area contributed by atoms with E-state index in [1.54, 1.807) is 11.9 Å². The van der Waals surface area contributed by atoms with Gasteiger partial charge in [-0.05, 0) is 24.8 Å². The zero-order valence-electron chi connectivity index (χ0n) is 13.1. The highest BCUT2D eigenvalue weighted by atomic mass is 16.2. The van der Waals surface area contributed by atoms with Gasteiger partial charge in [-0.15, -0.1) is 0 Å². The minimum atomic E-state index is -0.0858. The van der Waals surface area contributed by atoms with E-state index in [0.29, 0.717) is 6.54 Å². The second kappa shape index (κ2) is 7.94. The standard InChI is InChI=1S/C17H25N3O2/c1-20(12-13-6-3-2-4-7-13)16(21)11-19-17(22)14-8-5-9-15(18)10-14/h2-4,6-7,14-15H,5,8-12,18H2,1H3,(H,19,22). The van der Waals surface area contributed by atoms with E-state index in [4.69, 9.17) is 5.73 Å². The monoisotopic (exact) mass is 303 g/mol. The highest BCUT2D eigenvalue weighted by molar-refractivity contribution is 5.85. The second-order valence-electron chi connectivity index (χ2n) is 6.08. The molecule has 1 aromatic rings. The Morgan fingerprint density at radius 3 is 2.68 bits per heavy atom. The van der Waals surface area contributed by atoms with Crippen molar-refractivity contribution >= 4 is 11.8 Å². The number of hydrogen-bond donors (Lipinski definition) is 2. The molecule has 3 N–H and O–H groups in total. The summed E-state index contributed by atoms with van der Waals surface area (Å²) in [6.45, 7) is 0.595. The summed E-state index contributed by atoms with van der Waals surface area (Å²) in [4.78, 5) is 25.8. The lowest BCUT2D eigenvalue weighted by Crippen LogP contribution is -2.42. The van der Waals surface area contributed by atoms with Gasteiger partial charge in [0.25, 0.3) is 0 Å². The van der Waals surface area contributed by atoms with E-state index in [-0.39, 0.29) is 30.3 Å². The van der Waals surface area contributed by atoms with Crippen LogP contribution in [0.25, 0.3) is 0 Å². The summed E-state index contributed by atoms with van der Waals surface area (Å²) < 4.78 is 0. The quantitative estimate of drug-likeness (QED) is 0.860. The Kier molecular flexibility index (Phi) is 5.95. The van der Waals surface area contributed by atoms with Crippen molar-refractivity contribution in [1.29, 1.82) is 0 Å². The van der Waals surface area contributed by atoms with Gasteiger partial charge in [-0.2, -0.15) is 0 Å². The second-order valence-corrected chi connectivity index (χ2v) is 6.08. The number of nitrogens with two attached hydrogens (primary N) is 1. The zero-order valence-corrected chi connectivity index (χ0v) is 13.1. The average molecular weight is 303 g/mol. The van der Waals surface area contributed by atoms with Gasteiger partial charge in [0.05, 0.1) is 6.54 Å². The molecule has 2 atom stereocenters. The molecule has 2 amide bonds. The van der Waals surface area contributed by atoms with Crippen LogP contribution in [0.5, 0.6) is 0 Å². The molecule has 1 aliphatic carbocycles. The molecule has 0 aromatic heterocycles. The summed E-state index contributed by atoms with van der Waals surface area (Å²) in [5, 5.41) is 2.75. The Hall–Kier alpha value is -1.88. The molecule has 1 aliphatic rings. The van der Waals surface area contributed by atoms with Gasteiger partial charge in [0, 0.05) is 25.6 Å². The van der Waals surface area contributed by atoms with Crippen molar-refractivity contribution in [2.45, 2.75) is 38.3 Å². The summed E-state index contributed by atoms with van der Waals surface area (Å²) in [5.74, 6) is -0.176. The number of nitrogens with zero attached hydrogens (tertiary/aromatic N) is 1. The van der Waals surface area contributed by atoms with Crippen LogP contribution in [0.1, 0.15) is 31.2 Å². The summed E-state index contributed by atoms with van der Waals surface area (Å²) in [6.07, 6.45) is 3.57. The number of nitrogens with one attached hydrogen (secondary N) is 1. The molecule has 2 rings (SSSR count). The minimum Gasteiger partial charge on any atom is -0.347 e. The molecule has 0 bridgehead atoms. The van der Waals surface area contributed by atoms with E-state index in [1.807, 2.05) is 30.3 Å². The summed E-state index contributed by atoms with van der Waals surface area (Å²) in [6, 6.07) is 9.91. The number of carbonyl (C=O) groups excluding carboxylic acids is 2. The number of carbonyl (C=O) groups is 2. The van der Waals surface area contributed by atoms with E-state index in [1.165, 1.54) is 0 Å². The third-order valence-electron chi connectivity index (χ3n) is 4.19. The molecule has 120 valence electrons. The van der Waals surface area contributed by atoms with E-state index in [2.05, 4.69) is 5.32 Å². The molecular formula is C17H25N3O2. The maximum Gasteiger partial charge on any atom is 0.242 e. The lowest BCUT2D eigenvalue weighted by atomic mass is 9.85. The van der Waals surface area contributed by atoms with Crippen LogP contribution in [0.4, 0.5) is 0 Å². The number of amides is 2. The van der Waals surface area contributed by atoms with Gasteiger partial charge >= 0.3 is 0 Å². The SMILES string of the molecule is CN(Cc1ccccc1)C(=O)CNC(=O)C1CCCC(N)C1. The van der Waals surface area contributed by atoms with Gasteiger partial charge < -0.3 is 16.0 Å². The van der Waals surface area contributed by atoms with Crippen LogP contribution < -0.4 is 11.1 Å². The van der Waals surface area contributed by atoms with Gasteiger partial charge in [-0.25, -0.2) is 0 Å². The number of benzene rings is 1. The van der Waals surface area contributed by atoms with Crippen molar-refractivity contribution in [2.24, 2.45) is 11.7 Å². The Morgan fingerprint density at radius 1 is 1.27 bits per heavy atom. The molecule has 0 spiro atoms. The first kappa shape index (κ1) is 16.5. The molecular weight excluding hydrogens is 278 g/mol. The molecule has 2 unspecified atom stereocenters. The van der Waals surface area contributed by atoms with Crippen molar-refractivity contribution in [1.82, 2.24) is 10.2 Å². The van der Waals surface area contributed by atoms with Crippen LogP contribution in [-0.2, 0) is 16.1 Å². The van der Waals surface area contributed by atoms with Crippen molar-refractivity contribution in [3.63, 3.8) is 0 Å². The van der Waals surface area contributed by atoms with Crippen molar-refractivity contribution in [3.05, 3.63) is 35.9 Å². The molecule has 0 aliphatic heterocycles. The van der Waals surface area contributed by atoms with E-state index in [0.717, 1.165) is 31.2 Å². The molecule has 0 radical (unpaired) electrons. The topological polar surface area (TPSA) is 75.4 Å². The van der Waals surface area contributed by atoms with Crippen molar-refractivity contribution < 1.29 is 9.59 Å². The Balaban J connectivity index is 1.75. The first-order valence-corrected chi connectivity index (χ1v) is 7.87. The van der Waals surface area contributed by atoms with Gasteiger partial charge in [-0.3, -0.25) is 9.59 Å². The summed E-state index contributed by atoms with van der Waals surface area (Å²) in [7, 11) is 1.75. The highest BCUT2D eigenvalue weighted by Gasteiger charge is 2.25. The Labute approximate surface area is 131 Å². The van der Waals surface area contributed by atoms with Gasteiger partial charge in [0.15, 0.2) is 0 Å². The van der Waals surface area contributed by atoms with Crippen LogP contribution in [-0.4, -0.2) is 36.3 Å². The fraction of sp³-hybridized carbons (Fsp3) is 0.529. The summed E-state index contributed by atoms with van der Waals surface area (Å²) in [5.41, 5.74) is 6.97. The lowest BCUT2D eigenvalue weighted by molar-refractivity contribution is -0.133. The number of rotatable bonds is 5. The van der Waals surface area contributed by atoms with Gasteiger partial charge in [0.2, 0.25) is 11.8 Å².